The van der Waals surface area contributed by atoms with Crippen LogP contribution in [0.5, 0.6) is 5.75 Å². The van der Waals surface area contributed by atoms with Crippen LogP contribution in [-0.4, -0.2) is 25.6 Å². The van der Waals surface area contributed by atoms with Crippen molar-refractivity contribution >= 4 is 29.0 Å². The van der Waals surface area contributed by atoms with Gasteiger partial charge in [-0.3, -0.25) is 4.79 Å². The van der Waals surface area contributed by atoms with Gasteiger partial charge in [0.2, 0.25) is 5.91 Å². The lowest BCUT2D eigenvalue weighted by Gasteiger charge is -2.16. The summed E-state index contributed by atoms with van der Waals surface area (Å²) >= 11 is 0. The Hall–Kier alpha value is -3.02. The predicted octanol–water partition coefficient (Wildman–Crippen LogP) is 3.47. The quantitative estimate of drug-likeness (QED) is 0.904. The third-order valence-corrected chi connectivity index (χ3v) is 3.87. The van der Waals surface area contributed by atoms with E-state index in [-0.39, 0.29) is 11.9 Å². The maximum atomic E-state index is 12.1. The highest BCUT2D eigenvalue weighted by atomic mass is 16.5. The average Bonchev–Trinajstić information content (AvgIpc) is 3.02. The number of carbonyl (C=O) groups is 2. The minimum atomic E-state index is -0.357. The van der Waals surface area contributed by atoms with Crippen molar-refractivity contribution in [3.63, 3.8) is 0 Å². The number of methoxy groups -OCH3 is 1. The van der Waals surface area contributed by atoms with E-state index in [1.807, 2.05) is 24.3 Å². The molecule has 2 aromatic rings. The summed E-state index contributed by atoms with van der Waals surface area (Å²) in [6.07, 6.45) is 1.49. The Morgan fingerprint density at radius 3 is 2.50 bits per heavy atom. The van der Waals surface area contributed by atoms with E-state index in [0.717, 1.165) is 18.7 Å². The summed E-state index contributed by atoms with van der Waals surface area (Å²) in [4.78, 5) is 25.6. The number of anilines is 3. The summed E-state index contributed by atoms with van der Waals surface area (Å²) in [5.41, 5.74) is 2.10. The standard InChI is InChI=1S/C18H19N3O3/c1-24-16-6-3-2-5-15(16)20-18(23)19-13-8-10-14(11-9-13)21-12-4-7-17(21)22/h2-3,5-6,8-11H,4,7,12H2,1H3,(H2,19,20,23). The number of urea groups is 1. The average molecular weight is 325 g/mol. The molecule has 3 amide bonds. The van der Waals surface area contributed by atoms with Crippen LogP contribution in [0, 0.1) is 0 Å². The Balaban J connectivity index is 1.63. The molecule has 0 bridgehead atoms. The van der Waals surface area contributed by atoms with E-state index in [0.29, 0.717) is 23.5 Å². The lowest BCUT2D eigenvalue weighted by atomic mass is 10.2. The zero-order chi connectivity index (χ0) is 16.9. The van der Waals surface area contributed by atoms with Gasteiger partial charge in [-0.2, -0.15) is 0 Å². The largest absolute Gasteiger partial charge is 0.495 e. The molecule has 2 aromatic carbocycles. The molecule has 0 unspecified atom stereocenters. The molecule has 0 aliphatic carbocycles. The lowest BCUT2D eigenvalue weighted by molar-refractivity contribution is -0.117. The second kappa shape index (κ2) is 7.04. The molecule has 1 saturated heterocycles. The summed E-state index contributed by atoms with van der Waals surface area (Å²) in [5, 5.41) is 5.51. The number of amides is 3. The van der Waals surface area contributed by atoms with Gasteiger partial charge in [-0.05, 0) is 42.8 Å². The van der Waals surface area contributed by atoms with Crippen molar-refractivity contribution in [3.8, 4) is 5.75 Å². The van der Waals surface area contributed by atoms with Gasteiger partial charge >= 0.3 is 6.03 Å². The molecule has 2 N–H and O–H groups in total. The number of hydrogen-bond acceptors (Lipinski definition) is 3. The van der Waals surface area contributed by atoms with Crippen LogP contribution in [0.1, 0.15) is 12.8 Å². The minimum absolute atomic E-state index is 0.143. The number of nitrogens with one attached hydrogen (secondary N) is 2. The number of ether oxygens (including phenoxy) is 1. The third-order valence-electron chi connectivity index (χ3n) is 3.87. The van der Waals surface area contributed by atoms with Gasteiger partial charge in [0.1, 0.15) is 5.75 Å². The molecule has 6 nitrogen and oxygen atoms in total. The zero-order valence-electron chi connectivity index (χ0n) is 13.4. The second-order valence-corrected chi connectivity index (χ2v) is 5.48. The van der Waals surface area contributed by atoms with Crippen molar-refractivity contribution in [3.05, 3.63) is 48.5 Å². The van der Waals surface area contributed by atoms with Gasteiger partial charge in [-0.15, -0.1) is 0 Å². The SMILES string of the molecule is COc1ccccc1NC(=O)Nc1ccc(N2CCCC2=O)cc1. The van der Waals surface area contributed by atoms with Crippen molar-refractivity contribution < 1.29 is 14.3 Å². The molecule has 3 rings (SSSR count). The molecular formula is C18H19N3O3. The van der Waals surface area contributed by atoms with E-state index in [2.05, 4.69) is 10.6 Å². The zero-order valence-corrected chi connectivity index (χ0v) is 13.4. The highest BCUT2D eigenvalue weighted by molar-refractivity contribution is 6.01. The van der Waals surface area contributed by atoms with Crippen molar-refractivity contribution in [2.45, 2.75) is 12.8 Å². The van der Waals surface area contributed by atoms with Gasteiger partial charge < -0.3 is 20.3 Å². The van der Waals surface area contributed by atoms with Crippen LogP contribution in [-0.2, 0) is 4.79 Å². The Morgan fingerprint density at radius 2 is 1.83 bits per heavy atom. The third kappa shape index (κ3) is 3.48. The van der Waals surface area contributed by atoms with Crippen molar-refractivity contribution in [1.29, 1.82) is 0 Å². The van der Waals surface area contributed by atoms with Gasteiger partial charge in [0.25, 0.3) is 0 Å². The first kappa shape index (κ1) is 15.9. The molecule has 0 aromatic heterocycles. The van der Waals surface area contributed by atoms with Crippen LogP contribution in [0.3, 0.4) is 0 Å². The molecule has 24 heavy (non-hydrogen) atoms. The van der Waals surface area contributed by atoms with E-state index in [9.17, 15) is 9.59 Å². The van der Waals surface area contributed by atoms with E-state index in [4.69, 9.17) is 4.74 Å². The fourth-order valence-electron chi connectivity index (χ4n) is 2.68. The monoisotopic (exact) mass is 325 g/mol. The Labute approximate surface area is 140 Å². The fraction of sp³-hybridized carbons (Fsp3) is 0.222. The number of para-hydroxylation sites is 2. The molecule has 0 saturated carbocycles. The van der Waals surface area contributed by atoms with Crippen molar-refractivity contribution in [2.75, 3.05) is 29.2 Å². The first-order valence-electron chi connectivity index (χ1n) is 7.79. The second-order valence-electron chi connectivity index (χ2n) is 5.48. The molecule has 1 aliphatic heterocycles. The van der Waals surface area contributed by atoms with Gasteiger partial charge in [0, 0.05) is 24.3 Å². The van der Waals surface area contributed by atoms with Crippen LogP contribution < -0.4 is 20.3 Å². The molecule has 0 atom stereocenters. The van der Waals surface area contributed by atoms with E-state index in [1.54, 1.807) is 36.3 Å². The predicted molar refractivity (Wildman–Crippen MR) is 93.7 cm³/mol. The lowest BCUT2D eigenvalue weighted by Crippen LogP contribution is -2.23. The van der Waals surface area contributed by atoms with Crippen LogP contribution >= 0.6 is 0 Å². The fourth-order valence-corrected chi connectivity index (χ4v) is 2.68. The van der Waals surface area contributed by atoms with E-state index >= 15 is 0 Å². The molecule has 1 heterocycles. The topological polar surface area (TPSA) is 70.7 Å². The van der Waals surface area contributed by atoms with Crippen molar-refractivity contribution in [2.24, 2.45) is 0 Å². The number of rotatable bonds is 4. The smallest absolute Gasteiger partial charge is 0.323 e. The summed E-state index contributed by atoms with van der Waals surface area (Å²) in [6.45, 7) is 0.750. The van der Waals surface area contributed by atoms with Crippen LogP contribution in [0.15, 0.2) is 48.5 Å². The number of carbonyl (C=O) groups excluding carboxylic acids is 2. The molecule has 1 aliphatic rings. The first-order chi connectivity index (χ1) is 11.7. The van der Waals surface area contributed by atoms with Gasteiger partial charge in [0.05, 0.1) is 12.8 Å². The molecule has 124 valence electrons. The Bertz CT molecular complexity index is 743. The molecule has 1 fully saturated rings. The summed E-state index contributed by atoms with van der Waals surface area (Å²) in [6, 6.07) is 14.1. The maximum absolute atomic E-state index is 12.1. The number of benzene rings is 2. The summed E-state index contributed by atoms with van der Waals surface area (Å²) in [7, 11) is 1.55. The van der Waals surface area contributed by atoms with Gasteiger partial charge in [0.15, 0.2) is 0 Å². The molecule has 6 heteroatoms. The minimum Gasteiger partial charge on any atom is -0.495 e. The number of hydrogen-bond donors (Lipinski definition) is 2. The number of nitrogens with zero attached hydrogens (tertiary/aromatic N) is 1. The molecule has 0 spiro atoms. The Morgan fingerprint density at radius 1 is 1.08 bits per heavy atom. The summed E-state index contributed by atoms with van der Waals surface area (Å²) in [5.74, 6) is 0.736. The Kier molecular flexibility index (Phi) is 4.65. The van der Waals surface area contributed by atoms with Gasteiger partial charge in [-0.25, -0.2) is 4.79 Å². The highest BCUT2D eigenvalue weighted by Crippen LogP contribution is 2.25. The van der Waals surface area contributed by atoms with E-state index < -0.39 is 0 Å². The first-order valence-corrected chi connectivity index (χ1v) is 7.79. The van der Waals surface area contributed by atoms with Crippen LogP contribution in [0.25, 0.3) is 0 Å². The van der Waals surface area contributed by atoms with Crippen LogP contribution in [0.4, 0.5) is 21.9 Å². The van der Waals surface area contributed by atoms with E-state index in [1.165, 1.54) is 0 Å². The molecule has 0 radical (unpaired) electrons. The van der Waals surface area contributed by atoms with Crippen molar-refractivity contribution in [1.82, 2.24) is 0 Å². The summed E-state index contributed by atoms with van der Waals surface area (Å²) < 4.78 is 5.20. The highest BCUT2D eigenvalue weighted by Gasteiger charge is 2.21. The van der Waals surface area contributed by atoms with Crippen LogP contribution in [0.2, 0.25) is 0 Å². The molecular weight excluding hydrogens is 306 g/mol. The van der Waals surface area contributed by atoms with Gasteiger partial charge in [-0.1, -0.05) is 12.1 Å². The normalized spacial score (nSPS) is 13.7. The maximum Gasteiger partial charge on any atom is 0.323 e.